The molecule has 112 valence electrons. The minimum absolute atomic E-state index is 0.0462. The van der Waals surface area contributed by atoms with Crippen LogP contribution in [0.2, 0.25) is 5.02 Å². The van der Waals surface area contributed by atoms with E-state index < -0.39 is 10.1 Å². The molecule has 6 heteroatoms. The van der Waals surface area contributed by atoms with Gasteiger partial charge in [-0.15, -0.1) is 0 Å². The molecule has 0 heterocycles. The van der Waals surface area contributed by atoms with Gasteiger partial charge in [0.1, 0.15) is 10.6 Å². The molecular weight excluding hydrogens is 312 g/mol. The Balaban J connectivity index is 2.16. The Morgan fingerprint density at radius 2 is 1.71 bits per heavy atom. The van der Waals surface area contributed by atoms with Gasteiger partial charge in [-0.3, -0.25) is 0 Å². The highest BCUT2D eigenvalue weighted by atomic mass is 35.5. The molecule has 0 aliphatic carbocycles. The van der Waals surface area contributed by atoms with Crippen LogP contribution in [0.4, 0.5) is 0 Å². The molecular formula is C15H15ClO4S. The van der Waals surface area contributed by atoms with E-state index in [1.165, 1.54) is 12.1 Å². The summed E-state index contributed by atoms with van der Waals surface area (Å²) in [6.45, 7) is 0.609. The number of benzene rings is 2. The third-order valence-electron chi connectivity index (χ3n) is 2.83. The van der Waals surface area contributed by atoms with Crippen molar-refractivity contribution in [2.45, 2.75) is 11.3 Å². The SMILES string of the molecule is COCCc1ccc(OS(=O)(=O)c2ccccc2Cl)cc1. The van der Waals surface area contributed by atoms with Gasteiger partial charge >= 0.3 is 10.1 Å². The van der Waals surface area contributed by atoms with Crippen molar-refractivity contribution >= 4 is 21.7 Å². The molecule has 0 N–H and O–H groups in total. The topological polar surface area (TPSA) is 52.6 Å². The van der Waals surface area contributed by atoms with Gasteiger partial charge in [-0.2, -0.15) is 8.42 Å². The van der Waals surface area contributed by atoms with E-state index in [1.54, 1.807) is 43.5 Å². The first kappa shape index (κ1) is 15.8. The van der Waals surface area contributed by atoms with E-state index in [1.807, 2.05) is 0 Å². The van der Waals surface area contributed by atoms with E-state index in [0.717, 1.165) is 12.0 Å². The lowest BCUT2D eigenvalue weighted by molar-refractivity contribution is 0.202. The van der Waals surface area contributed by atoms with E-state index in [2.05, 4.69) is 0 Å². The van der Waals surface area contributed by atoms with Crippen molar-refractivity contribution in [3.8, 4) is 5.75 Å². The van der Waals surface area contributed by atoms with Crippen molar-refractivity contribution in [2.75, 3.05) is 13.7 Å². The number of hydrogen-bond donors (Lipinski definition) is 0. The summed E-state index contributed by atoms with van der Waals surface area (Å²) in [5, 5.41) is 0.134. The predicted molar refractivity (Wildman–Crippen MR) is 81.3 cm³/mol. The molecule has 0 unspecified atom stereocenters. The molecule has 2 aromatic rings. The second-order valence-electron chi connectivity index (χ2n) is 4.35. The smallest absolute Gasteiger partial charge is 0.340 e. The number of halogens is 1. The van der Waals surface area contributed by atoms with Crippen molar-refractivity contribution in [3.63, 3.8) is 0 Å². The summed E-state index contributed by atoms with van der Waals surface area (Å²) < 4.78 is 34.4. The van der Waals surface area contributed by atoms with E-state index in [9.17, 15) is 8.42 Å². The average Bonchev–Trinajstić information content (AvgIpc) is 2.46. The van der Waals surface area contributed by atoms with Crippen molar-refractivity contribution in [1.29, 1.82) is 0 Å². The maximum atomic E-state index is 12.2. The number of hydrogen-bond acceptors (Lipinski definition) is 4. The minimum Gasteiger partial charge on any atom is -0.384 e. The van der Waals surface area contributed by atoms with Gasteiger partial charge in [0.15, 0.2) is 0 Å². The van der Waals surface area contributed by atoms with Crippen LogP contribution in [0.25, 0.3) is 0 Å². The van der Waals surface area contributed by atoms with Crippen LogP contribution < -0.4 is 4.18 Å². The Kier molecular flexibility index (Phi) is 5.22. The van der Waals surface area contributed by atoms with Crippen molar-refractivity contribution < 1.29 is 17.3 Å². The van der Waals surface area contributed by atoms with E-state index in [4.69, 9.17) is 20.5 Å². The van der Waals surface area contributed by atoms with Gasteiger partial charge in [0.25, 0.3) is 0 Å². The molecule has 0 atom stereocenters. The molecule has 0 saturated carbocycles. The zero-order valence-electron chi connectivity index (χ0n) is 11.5. The molecule has 0 bridgehead atoms. The Bertz CT molecular complexity index is 696. The number of ether oxygens (including phenoxy) is 1. The first-order valence-corrected chi connectivity index (χ1v) is 8.08. The normalized spacial score (nSPS) is 11.3. The molecule has 0 spiro atoms. The second kappa shape index (κ2) is 6.93. The van der Waals surface area contributed by atoms with E-state index in [-0.39, 0.29) is 15.7 Å². The van der Waals surface area contributed by atoms with Crippen molar-refractivity contribution in [2.24, 2.45) is 0 Å². The Labute approximate surface area is 129 Å². The van der Waals surface area contributed by atoms with Gasteiger partial charge in [0.2, 0.25) is 0 Å². The first-order chi connectivity index (χ1) is 10.0. The lowest BCUT2D eigenvalue weighted by Gasteiger charge is -2.09. The molecule has 4 nitrogen and oxygen atoms in total. The molecule has 0 aliphatic rings. The molecule has 2 aromatic carbocycles. The molecule has 0 aromatic heterocycles. The quantitative estimate of drug-likeness (QED) is 0.764. The first-order valence-electron chi connectivity index (χ1n) is 6.30. The lowest BCUT2D eigenvalue weighted by atomic mass is 10.1. The highest BCUT2D eigenvalue weighted by Gasteiger charge is 2.19. The minimum atomic E-state index is -3.93. The summed E-state index contributed by atoms with van der Waals surface area (Å²) >= 11 is 5.88. The summed E-state index contributed by atoms with van der Waals surface area (Å²) in [5.74, 6) is 0.246. The fourth-order valence-corrected chi connectivity index (χ4v) is 3.18. The van der Waals surface area contributed by atoms with Gasteiger partial charge in [-0.05, 0) is 36.2 Å². The van der Waals surface area contributed by atoms with Crippen LogP contribution >= 0.6 is 11.6 Å². The molecule has 2 rings (SSSR count). The van der Waals surface area contributed by atoms with Gasteiger partial charge in [-0.1, -0.05) is 35.9 Å². The Hall–Kier alpha value is -1.56. The molecule has 0 aliphatic heterocycles. The largest absolute Gasteiger partial charge is 0.384 e. The highest BCUT2D eigenvalue weighted by Crippen LogP contribution is 2.24. The van der Waals surface area contributed by atoms with E-state index in [0.29, 0.717) is 6.61 Å². The van der Waals surface area contributed by atoms with E-state index >= 15 is 0 Å². The molecule has 0 amide bonds. The monoisotopic (exact) mass is 326 g/mol. The molecule has 0 saturated heterocycles. The maximum Gasteiger partial charge on any atom is 0.340 e. The van der Waals surface area contributed by atoms with Crippen LogP contribution in [0.3, 0.4) is 0 Å². The van der Waals surface area contributed by atoms with Gasteiger partial charge < -0.3 is 8.92 Å². The summed E-state index contributed by atoms with van der Waals surface area (Å²) in [6.07, 6.45) is 0.758. The van der Waals surface area contributed by atoms with Crippen LogP contribution in [0, 0.1) is 0 Å². The summed E-state index contributed by atoms with van der Waals surface area (Å²) in [4.78, 5) is -0.0462. The van der Waals surface area contributed by atoms with Crippen molar-refractivity contribution in [1.82, 2.24) is 0 Å². The maximum absolute atomic E-state index is 12.2. The zero-order valence-corrected chi connectivity index (χ0v) is 13.0. The third-order valence-corrected chi connectivity index (χ3v) is 4.58. The fraction of sp³-hybridized carbons (Fsp3) is 0.200. The van der Waals surface area contributed by atoms with Crippen LogP contribution in [-0.4, -0.2) is 22.1 Å². The van der Waals surface area contributed by atoms with Crippen LogP contribution in [0.5, 0.6) is 5.75 Å². The molecule has 0 radical (unpaired) electrons. The zero-order chi connectivity index (χ0) is 15.3. The number of methoxy groups -OCH3 is 1. The van der Waals surface area contributed by atoms with Crippen LogP contribution in [0.1, 0.15) is 5.56 Å². The highest BCUT2D eigenvalue weighted by molar-refractivity contribution is 7.87. The van der Waals surface area contributed by atoms with Crippen LogP contribution in [-0.2, 0) is 21.3 Å². The summed E-state index contributed by atoms with van der Waals surface area (Å²) in [5.41, 5.74) is 1.04. The fourth-order valence-electron chi connectivity index (χ4n) is 1.75. The second-order valence-corrected chi connectivity index (χ2v) is 6.28. The summed E-state index contributed by atoms with van der Waals surface area (Å²) in [7, 11) is -2.30. The van der Waals surface area contributed by atoms with Gasteiger partial charge in [0, 0.05) is 7.11 Å². The van der Waals surface area contributed by atoms with Crippen LogP contribution in [0.15, 0.2) is 53.4 Å². The van der Waals surface area contributed by atoms with Crippen molar-refractivity contribution in [3.05, 3.63) is 59.1 Å². The Morgan fingerprint density at radius 1 is 1.05 bits per heavy atom. The molecule has 0 fully saturated rings. The predicted octanol–water partition coefficient (Wildman–Crippen LogP) is 3.30. The standard InChI is InChI=1S/C15H15ClO4S/c1-19-11-10-12-6-8-13(9-7-12)20-21(17,18)15-5-3-2-4-14(15)16/h2-9H,10-11H2,1H3. The Morgan fingerprint density at radius 3 is 2.33 bits per heavy atom. The van der Waals surface area contributed by atoms with Gasteiger partial charge in [-0.25, -0.2) is 0 Å². The lowest BCUT2D eigenvalue weighted by Crippen LogP contribution is -2.10. The number of rotatable bonds is 6. The summed E-state index contributed by atoms with van der Waals surface area (Å²) in [6, 6.07) is 13.0. The molecule has 21 heavy (non-hydrogen) atoms. The third kappa shape index (κ3) is 4.20. The van der Waals surface area contributed by atoms with Gasteiger partial charge in [0.05, 0.1) is 11.6 Å². The average molecular weight is 327 g/mol.